The third-order valence-corrected chi connectivity index (χ3v) is 3.66. The summed E-state index contributed by atoms with van der Waals surface area (Å²) in [5.74, 6) is 1.19. The van der Waals surface area contributed by atoms with Crippen molar-refractivity contribution >= 4 is 5.82 Å². The summed E-state index contributed by atoms with van der Waals surface area (Å²) in [5, 5.41) is 8.18. The van der Waals surface area contributed by atoms with E-state index in [0.29, 0.717) is 0 Å². The van der Waals surface area contributed by atoms with E-state index >= 15 is 0 Å². The summed E-state index contributed by atoms with van der Waals surface area (Å²) < 4.78 is 2.06. The molecule has 0 amide bonds. The molecule has 1 aliphatic heterocycles. The standard InChI is InChI=1S/C15H19N3/c1-3-11-5-7-12(8-6-11)18-15-13(9-10-16-15)14(4-2)17-18/h5-8,16H,3-4,9-10H2,1-2H3. The molecule has 0 atom stereocenters. The van der Waals surface area contributed by atoms with Gasteiger partial charge in [-0.1, -0.05) is 26.0 Å². The Morgan fingerprint density at radius 2 is 1.94 bits per heavy atom. The lowest BCUT2D eigenvalue weighted by atomic mass is 10.1. The van der Waals surface area contributed by atoms with E-state index in [1.165, 1.54) is 22.6 Å². The molecular weight excluding hydrogens is 222 g/mol. The Hall–Kier alpha value is -1.77. The van der Waals surface area contributed by atoms with Gasteiger partial charge in [-0.3, -0.25) is 0 Å². The summed E-state index contributed by atoms with van der Waals surface area (Å²) >= 11 is 0. The second-order valence-corrected chi connectivity index (χ2v) is 4.74. The Morgan fingerprint density at radius 3 is 2.61 bits per heavy atom. The Labute approximate surface area is 108 Å². The van der Waals surface area contributed by atoms with Crippen LogP contribution in [0.4, 0.5) is 5.82 Å². The van der Waals surface area contributed by atoms with Crippen molar-refractivity contribution in [2.45, 2.75) is 33.1 Å². The Bertz CT molecular complexity index is 552. The first-order chi connectivity index (χ1) is 8.83. The predicted octanol–water partition coefficient (Wildman–Crippen LogP) is 2.97. The quantitative estimate of drug-likeness (QED) is 0.895. The Balaban J connectivity index is 2.05. The summed E-state index contributed by atoms with van der Waals surface area (Å²) in [6, 6.07) is 8.69. The van der Waals surface area contributed by atoms with Crippen LogP contribution in [0.25, 0.3) is 5.69 Å². The molecule has 1 aromatic carbocycles. The number of fused-ring (bicyclic) bond motifs is 1. The van der Waals surface area contributed by atoms with Crippen LogP contribution >= 0.6 is 0 Å². The van der Waals surface area contributed by atoms with Crippen molar-refractivity contribution in [1.29, 1.82) is 0 Å². The summed E-state index contributed by atoms with van der Waals surface area (Å²) in [5.41, 5.74) is 5.15. The second-order valence-electron chi connectivity index (χ2n) is 4.74. The molecule has 94 valence electrons. The maximum atomic E-state index is 4.73. The smallest absolute Gasteiger partial charge is 0.133 e. The molecule has 0 saturated carbocycles. The van der Waals surface area contributed by atoms with E-state index in [1.807, 2.05) is 0 Å². The van der Waals surface area contributed by atoms with Crippen LogP contribution < -0.4 is 5.32 Å². The third-order valence-electron chi connectivity index (χ3n) is 3.66. The first-order valence-corrected chi connectivity index (χ1v) is 6.77. The number of nitrogens with zero attached hydrogens (tertiary/aromatic N) is 2. The van der Waals surface area contributed by atoms with E-state index in [1.54, 1.807) is 0 Å². The molecule has 18 heavy (non-hydrogen) atoms. The van der Waals surface area contributed by atoms with Gasteiger partial charge >= 0.3 is 0 Å². The zero-order valence-electron chi connectivity index (χ0n) is 11.0. The minimum absolute atomic E-state index is 1.00. The van der Waals surface area contributed by atoms with Gasteiger partial charge < -0.3 is 5.32 Å². The zero-order valence-corrected chi connectivity index (χ0v) is 11.0. The number of benzene rings is 1. The van der Waals surface area contributed by atoms with Crippen LogP contribution in [-0.4, -0.2) is 16.3 Å². The number of anilines is 1. The summed E-state index contributed by atoms with van der Waals surface area (Å²) in [6.07, 6.45) is 3.19. The highest BCUT2D eigenvalue weighted by Crippen LogP contribution is 2.28. The van der Waals surface area contributed by atoms with Gasteiger partial charge in [-0.05, 0) is 37.0 Å². The predicted molar refractivity (Wildman–Crippen MR) is 74.5 cm³/mol. The van der Waals surface area contributed by atoms with Crippen molar-refractivity contribution in [3.05, 3.63) is 41.1 Å². The molecule has 0 radical (unpaired) electrons. The average Bonchev–Trinajstić information content (AvgIpc) is 3.00. The Morgan fingerprint density at radius 1 is 1.17 bits per heavy atom. The topological polar surface area (TPSA) is 29.9 Å². The van der Waals surface area contributed by atoms with Gasteiger partial charge in [0.25, 0.3) is 0 Å². The Kier molecular flexibility index (Phi) is 2.82. The van der Waals surface area contributed by atoms with Gasteiger partial charge in [0.1, 0.15) is 5.82 Å². The monoisotopic (exact) mass is 241 g/mol. The SMILES string of the molecule is CCc1ccc(-n2nc(CC)c3c2NCC3)cc1. The number of nitrogens with one attached hydrogen (secondary N) is 1. The lowest BCUT2D eigenvalue weighted by molar-refractivity contribution is 0.831. The van der Waals surface area contributed by atoms with Gasteiger partial charge in [0.2, 0.25) is 0 Å². The van der Waals surface area contributed by atoms with Gasteiger partial charge in [0, 0.05) is 12.1 Å². The minimum Gasteiger partial charge on any atom is -0.369 e. The van der Waals surface area contributed by atoms with E-state index in [9.17, 15) is 0 Å². The van der Waals surface area contributed by atoms with Crippen molar-refractivity contribution < 1.29 is 0 Å². The molecule has 1 N–H and O–H groups in total. The highest BCUT2D eigenvalue weighted by molar-refractivity contribution is 5.57. The fraction of sp³-hybridized carbons (Fsp3) is 0.400. The minimum atomic E-state index is 1.00. The van der Waals surface area contributed by atoms with E-state index in [2.05, 4.69) is 48.1 Å². The molecule has 3 heteroatoms. The molecule has 2 aromatic rings. The van der Waals surface area contributed by atoms with Gasteiger partial charge in [-0.15, -0.1) is 0 Å². The van der Waals surface area contributed by atoms with Crippen molar-refractivity contribution in [3.63, 3.8) is 0 Å². The number of aromatic nitrogens is 2. The largest absolute Gasteiger partial charge is 0.369 e. The van der Waals surface area contributed by atoms with Crippen LogP contribution in [0.15, 0.2) is 24.3 Å². The van der Waals surface area contributed by atoms with Crippen molar-refractivity contribution in [1.82, 2.24) is 9.78 Å². The van der Waals surface area contributed by atoms with Crippen LogP contribution in [-0.2, 0) is 19.3 Å². The van der Waals surface area contributed by atoms with Crippen molar-refractivity contribution in [2.75, 3.05) is 11.9 Å². The van der Waals surface area contributed by atoms with Gasteiger partial charge in [-0.25, -0.2) is 4.68 Å². The van der Waals surface area contributed by atoms with Crippen LogP contribution in [0.3, 0.4) is 0 Å². The first-order valence-electron chi connectivity index (χ1n) is 6.77. The fourth-order valence-electron chi connectivity index (χ4n) is 2.59. The van der Waals surface area contributed by atoms with E-state index in [4.69, 9.17) is 5.10 Å². The van der Waals surface area contributed by atoms with Crippen molar-refractivity contribution in [3.8, 4) is 5.69 Å². The highest BCUT2D eigenvalue weighted by Gasteiger charge is 2.21. The maximum Gasteiger partial charge on any atom is 0.133 e. The first kappa shape index (κ1) is 11.3. The normalized spacial score (nSPS) is 13.4. The molecule has 0 spiro atoms. The van der Waals surface area contributed by atoms with E-state index in [-0.39, 0.29) is 0 Å². The molecule has 0 unspecified atom stereocenters. The van der Waals surface area contributed by atoms with E-state index < -0.39 is 0 Å². The molecule has 2 heterocycles. The highest BCUT2D eigenvalue weighted by atomic mass is 15.3. The zero-order chi connectivity index (χ0) is 12.5. The molecule has 3 nitrogen and oxygen atoms in total. The molecule has 0 fully saturated rings. The summed E-state index contributed by atoms with van der Waals surface area (Å²) in [7, 11) is 0. The summed E-state index contributed by atoms with van der Waals surface area (Å²) in [4.78, 5) is 0. The van der Waals surface area contributed by atoms with Crippen molar-refractivity contribution in [2.24, 2.45) is 0 Å². The van der Waals surface area contributed by atoms with Crippen LogP contribution in [0, 0.1) is 0 Å². The molecule has 1 aromatic heterocycles. The van der Waals surface area contributed by atoms with Gasteiger partial charge in [0.15, 0.2) is 0 Å². The molecular formula is C15H19N3. The number of aryl methyl sites for hydroxylation is 2. The third kappa shape index (κ3) is 1.70. The molecule has 3 rings (SSSR count). The van der Waals surface area contributed by atoms with Crippen LogP contribution in [0.2, 0.25) is 0 Å². The van der Waals surface area contributed by atoms with Crippen LogP contribution in [0.1, 0.15) is 30.7 Å². The van der Waals surface area contributed by atoms with Crippen LogP contribution in [0.5, 0.6) is 0 Å². The second kappa shape index (κ2) is 4.48. The summed E-state index contributed by atoms with van der Waals surface area (Å²) in [6.45, 7) is 5.38. The lowest BCUT2D eigenvalue weighted by Crippen LogP contribution is -2.04. The average molecular weight is 241 g/mol. The van der Waals surface area contributed by atoms with E-state index in [0.717, 1.165) is 31.5 Å². The maximum absolute atomic E-state index is 4.73. The van der Waals surface area contributed by atoms with Gasteiger partial charge in [-0.2, -0.15) is 5.10 Å². The van der Waals surface area contributed by atoms with Gasteiger partial charge in [0.05, 0.1) is 11.4 Å². The molecule has 0 saturated heterocycles. The molecule has 1 aliphatic rings. The fourth-order valence-corrected chi connectivity index (χ4v) is 2.59. The lowest BCUT2D eigenvalue weighted by Gasteiger charge is -2.07. The molecule has 0 aliphatic carbocycles. The molecule has 0 bridgehead atoms. The number of hydrogen-bond donors (Lipinski definition) is 1. The number of rotatable bonds is 3. The number of hydrogen-bond acceptors (Lipinski definition) is 2.